The van der Waals surface area contributed by atoms with Crippen molar-refractivity contribution in [1.82, 2.24) is 0 Å². The molecule has 0 amide bonds. The van der Waals surface area contributed by atoms with Crippen molar-refractivity contribution in [3.63, 3.8) is 0 Å². The van der Waals surface area contributed by atoms with Crippen LogP contribution in [0.3, 0.4) is 0 Å². The number of quaternary nitrogens is 1. The van der Waals surface area contributed by atoms with Crippen molar-refractivity contribution in [3.8, 4) is 0 Å². The van der Waals surface area contributed by atoms with Crippen molar-refractivity contribution in [1.29, 1.82) is 0 Å². The molecular formula is C19H27ClN2O. The van der Waals surface area contributed by atoms with Gasteiger partial charge in [-0.05, 0) is 24.3 Å². The molecule has 2 aromatic carbocycles. The Kier molecular flexibility index (Phi) is 8.10. The first-order valence-electron chi connectivity index (χ1n) is 7.93. The summed E-state index contributed by atoms with van der Waals surface area (Å²) in [5.41, 5.74) is 2.45. The number of benzene rings is 2. The summed E-state index contributed by atoms with van der Waals surface area (Å²) in [5, 5.41) is 9.14. The van der Waals surface area contributed by atoms with Crippen molar-refractivity contribution in [2.24, 2.45) is 0 Å². The van der Waals surface area contributed by atoms with Gasteiger partial charge in [0.15, 0.2) is 0 Å². The number of aliphatic hydroxyl groups is 1. The highest BCUT2D eigenvalue weighted by Crippen LogP contribution is 2.25. The van der Waals surface area contributed by atoms with E-state index in [2.05, 4.69) is 67.5 Å². The van der Waals surface area contributed by atoms with Crippen LogP contribution >= 0.6 is 0 Å². The lowest BCUT2D eigenvalue weighted by Gasteiger charge is -2.31. The molecule has 0 heterocycles. The van der Waals surface area contributed by atoms with E-state index in [0.717, 1.165) is 30.5 Å². The molecule has 0 unspecified atom stereocenters. The zero-order valence-electron chi connectivity index (χ0n) is 14.0. The molecule has 23 heavy (non-hydrogen) atoms. The van der Waals surface area contributed by atoms with Crippen molar-refractivity contribution in [2.45, 2.75) is 6.42 Å². The molecule has 0 aliphatic heterocycles. The summed E-state index contributed by atoms with van der Waals surface area (Å²) in [4.78, 5) is 2.36. The van der Waals surface area contributed by atoms with Gasteiger partial charge < -0.3 is 26.9 Å². The minimum absolute atomic E-state index is 0. The summed E-state index contributed by atoms with van der Waals surface area (Å²) in [7, 11) is 4.34. The predicted molar refractivity (Wildman–Crippen MR) is 93.4 cm³/mol. The fourth-order valence-electron chi connectivity index (χ4n) is 2.66. The monoisotopic (exact) mass is 334 g/mol. The maximum absolute atomic E-state index is 9.14. The van der Waals surface area contributed by atoms with Crippen molar-refractivity contribution in [3.05, 3.63) is 60.7 Å². The van der Waals surface area contributed by atoms with E-state index in [-0.39, 0.29) is 19.0 Å². The first-order valence-corrected chi connectivity index (χ1v) is 7.93. The molecule has 0 spiro atoms. The smallest absolute Gasteiger partial charge is 0.102 e. The van der Waals surface area contributed by atoms with E-state index in [1.165, 1.54) is 11.4 Å². The molecule has 0 aromatic heterocycles. The Balaban J connectivity index is 0.00000264. The molecule has 4 heteroatoms. The number of hydrogen-bond acceptors (Lipinski definition) is 2. The van der Waals surface area contributed by atoms with Gasteiger partial charge in [-0.15, -0.1) is 0 Å². The Labute approximate surface area is 146 Å². The number of rotatable bonds is 8. The highest BCUT2D eigenvalue weighted by molar-refractivity contribution is 5.62. The van der Waals surface area contributed by atoms with Crippen LogP contribution in [0.2, 0.25) is 0 Å². The molecule has 0 bridgehead atoms. The van der Waals surface area contributed by atoms with Gasteiger partial charge in [0.1, 0.15) is 6.54 Å². The molecular weight excluding hydrogens is 308 g/mol. The SMILES string of the molecule is C[N+](C)(CCO)CCCN(c1ccccc1)c1ccccc1.[Cl-]. The molecule has 2 rings (SSSR count). The molecule has 0 fully saturated rings. The summed E-state index contributed by atoms with van der Waals surface area (Å²) in [6.45, 7) is 3.07. The van der Waals surface area contributed by atoms with Crippen LogP contribution in [-0.2, 0) is 0 Å². The second kappa shape index (κ2) is 9.56. The predicted octanol–water partition coefficient (Wildman–Crippen LogP) is 0.287. The van der Waals surface area contributed by atoms with Crippen molar-refractivity contribution >= 4 is 11.4 Å². The highest BCUT2D eigenvalue weighted by atomic mass is 35.5. The Morgan fingerprint density at radius 3 is 1.74 bits per heavy atom. The molecule has 0 saturated carbocycles. The maximum atomic E-state index is 9.14. The summed E-state index contributed by atoms with van der Waals surface area (Å²) in [5.74, 6) is 0. The van der Waals surface area contributed by atoms with Gasteiger partial charge in [-0.3, -0.25) is 0 Å². The second-order valence-corrected chi connectivity index (χ2v) is 6.28. The Bertz CT molecular complexity index is 506. The molecule has 0 saturated heterocycles. The van der Waals surface area contributed by atoms with E-state index in [9.17, 15) is 0 Å². The lowest BCUT2D eigenvalue weighted by atomic mass is 10.2. The van der Waals surface area contributed by atoms with Crippen LogP contribution in [-0.4, -0.2) is 49.9 Å². The zero-order valence-corrected chi connectivity index (χ0v) is 14.8. The second-order valence-electron chi connectivity index (χ2n) is 6.28. The third kappa shape index (κ3) is 6.22. The van der Waals surface area contributed by atoms with Crippen LogP contribution in [0.25, 0.3) is 0 Å². The summed E-state index contributed by atoms with van der Waals surface area (Å²) in [6, 6.07) is 21.0. The van der Waals surface area contributed by atoms with E-state index in [0.29, 0.717) is 0 Å². The molecule has 0 atom stereocenters. The summed E-state index contributed by atoms with van der Waals surface area (Å²) >= 11 is 0. The van der Waals surface area contributed by atoms with Crippen LogP contribution in [0, 0.1) is 0 Å². The van der Waals surface area contributed by atoms with Gasteiger partial charge >= 0.3 is 0 Å². The quantitative estimate of drug-likeness (QED) is 0.701. The molecule has 2 aromatic rings. The lowest BCUT2D eigenvalue weighted by Crippen LogP contribution is -3.00. The van der Waals surface area contributed by atoms with E-state index in [1.54, 1.807) is 0 Å². The number of para-hydroxylation sites is 2. The molecule has 126 valence electrons. The number of likely N-dealkylation sites (N-methyl/N-ethyl adjacent to an activating group) is 1. The third-order valence-electron chi connectivity index (χ3n) is 3.99. The molecule has 0 aliphatic carbocycles. The minimum Gasteiger partial charge on any atom is -1.00 e. The Hall–Kier alpha value is -1.55. The average molecular weight is 335 g/mol. The Morgan fingerprint density at radius 1 is 0.826 bits per heavy atom. The lowest BCUT2D eigenvalue weighted by molar-refractivity contribution is -0.890. The van der Waals surface area contributed by atoms with Crippen molar-refractivity contribution in [2.75, 3.05) is 45.2 Å². The average Bonchev–Trinajstić information content (AvgIpc) is 2.53. The minimum atomic E-state index is 0. The Morgan fingerprint density at radius 2 is 1.30 bits per heavy atom. The van der Waals surface area contributed by atoms with Gasteiger partial charge in [0.2, 0.25) is 0 Å². The third-order valence-corrected chi connectivity index (χ3v) is 3.99. The normalized spacial score (nSPS) is 10.9. The van der Waals surface area contributed by atoms with E-state index < -0.39 is 0 Å². The first-order chi connectivity index (χ1) is 10.6. The van der Waals surface area contributed by atoms with Crippen LogP contribution < -0.4 is 17.3 Å². The number of halogens is 1. The number of anilines is 2. The number of nitrogens with zero attached hydrogens (tertiary/aromatic N) is 2. The fraction of sp³-hybridized carbons (Fsp3) is 0.368. The largest absolute Gasteiger partial charge is 1.00 e. The van der Waals surface area contributed by atoms with Gasteiger partial charge in [0.05, 0.1) is 27.2 Å². The van der Waals surface area contributed by atoms with Crippen LogP contribution in [0.1, 0.15) is 6.42 Å². The molecule has 3 nitrogen and oxygen atoms in total. The zero-order chi connectivity index (χ0) is 15.8. The molecule has 0 radical (unpaired) electrons. The van der Waals surface area contributed by atoms with Crippen LogP contribution in [0.5, 0.6) is 0 Å². The molecule has 0 aliphatic rings. The van der Waals surface area contributed by atoms with Gasteiger partial charge in [0, 0.05) is 24.3 Å². The van der Waals surface area contributed by atoms with Crippen molar-refractivity contribution < 1.29 is 22.0 Å². The van der Waals surface area contributed by atoms with Gasteiger partial charge in [-0.2, -0.15) is 0 Å². The van der Waals surface area contributed by atoms with Gasteiger partial charge in [-0.1, -0.05) is 36.4 Å². The van der Waals surface area contributed by atoms with Crippen LogP contribution in [0.4, 0.5) is 11.4 Å². The standard InChI is InChI=1S/C19H27N2O.ClH/c1-21(2,16-17-22)15-9-14-20(18-10-5-3-6-11-18)19-12-7-4-8-13-19;/h3-8,10-13,22H,9,14-17H2,1-2H3;1H/q+1;/p-1. The summed E-state index contributed by atoms with van der Waals surface area (Å²) < 4.78 is 0.855. The van der Waals surface area contributed by atoms with E-state index in [4.69, 9.17) is 5.11 Å². The van der Waals surface area contributed by atoms with Gasteiger partial charge in [-0.25, -0.2) is 0 Å². The molecule has 1 N–H and O–H groups in total. The summed E-state index contributed by atoms with van der Waals surface area (Å²) in [6.07, 6.45) is 1.08. The topological polar surface area (TPSA) is 23.5 Å². The number of hydrogen-bond donors (Lipinski definition) is 1. The van der Waals surface area contributed by atoms with Gasteiger partial charge in [0.25, 0.3) is 0 Å². The van der Waals surface area contributed by atoms with E-state index >= 15 is 0 Å². The maximum Gasteiger partial charge on any atom is 0.102 e. The highest BCUT2D eigenvalue weighted by Gasteiger charge is 2.15. The fourth-order valence-corrected chi connectivity index (χ4v) is 2.66. The van der Waals surface area contributed by atoms with Crippen LogP contribution in [0.15, 0.2) is 60.7 Å². The van der Waals surface area contributed by atoms with E-state index in [1.807, 2.05) is 12.1 Å². The first kappa shape index (κ1) is 19.5. The number of aliphatic hydroxyl groups excluding tert-OH is 1.